The Hall–Kier alpha value is -0.680. The Bertz CT molecular complexity index is 684. The van der Waals surface area contributed by atoms with E-state index in [1.165, 1.54) is 54.7 Å². The number of unbranched alkanes of at least 4 members (excludes halogenated alkanes) is 4. The Labute approximate surface area is 184 Å². The maximum atomic E-state index is 6.24. The molecule has 0 N–H and O–H groups in total. The zero-order valence-electron chi connectivity index (χ0n) is 18.4. The van der Waals surface area contributed by atoms with Gasteiger partial charge in [0.2, 0.25) is 0 Å². The number of rotatable bonds is 10. The van der Waals surface area contributed by atoms with E-state index in [0.29, 0.717) is 24.4 Å². The molecule has 4 unspecified atom stereocenters. The van der Waals surface area contributed by atoms with E-state index in [1.54, 1.807) is 0 Å². The van der Waals surface area contributed by atoms with Crippen LogP contribution in [-0.2, 0) is 9.47 Å². The molecule has 160 valence electrons. The van der Waals surface area contributed by atoms with E-state index in [1.807, 2.05) is 22.7 Å². The van der Waals surface area contributed by atoms with Crippen molar-refractivity contribution in [2.24, 2.45) is 10.8 Å². The van der Waals surface area contributed by atoms with Gasteiger partial charge in [-0.15, -0.1) is 22.7 Å². The van der Waals surface area contributed by atoms with Crippen LogP contribution in [-0.4, -0.2) is 12.2 Å². The average Bonchev–Trinajstić information content (AvgIpc) is 3.38. The quantitative estimate of drug-likeness (QED) is 0.352. The molecule has 4 rings (SSSR count). The molecular formula is C25H36O2S2. The van der Waals surface area contributed by atoms with E-state index < -0.39 is 0 Å². The van der Waals surface area contributed by atoms with Crippen molar-refractivity contribution in [3.8, 4) is 0 Å². The Morgan fingerprint density at radius 2 is 1.10 bits per heavy atom. The van der Waals surface area contributed by atoms with E-state index in [-0.39, 0.29) is 10.8 Å². The third kappa shape index (κ3) is 4.37. The van der Waals surface area contributed by atoms with Gasteiger partial charge in [0, 0.05) is 20.6 Å². The monoisotopic (exact) mass is 432 g/mol. The summed E-state index contributed by atoms with van der Waals surface area (Å²) in [6, 6.07) is 8.68. The number of ether oxygens (including phenoxy) is 2. The van der Waals surface area contributed by atoms with Crippen molar-refractivity contribution in [2.45, 2.75) is 97.1 Å². The minimum atomic E-state index is 0.275. The predicted octanol–water partition coefficient (Wildman–Crippen LogP) is 8.17. The van der Waals surface area contributed by atoms with Crippen LogP contribution in [0.15, 0.2) is 35.0 Å². The van der Waals surface area contributed by atoms with Gasteiger partial charge in [-0.3, -0.25) is 0 Å². The van der Waals surface area contributed by atoms with E-state index in [9.17, 15) is 0 Å². The van der Waals surface area contributed by atoms with Crippen molar-refractivity contribution >= 4 is 22.7 Å². The topological polar surface area (TPSA) is 18.5 Å². The maximum absolute atomic E-state index is 6.24. The average molecular weight is 433 g/mol. The van der Waals surface area contributed by atoms with E-state index >= 15 is 0 Å². The van der Waals surface area contributed by atoms with Crippen LogP contribution in [0.2, 0.25) is 0 Å². The first kappa shape index (κ1) is 21.5. The minimum absolute atomic E-state index is 0.275. The first-order chi connectivity index (χ1) is 13.9. The lowest BCUT2D eigenvalue weighted by atomic mass is 9.72. The Morgan fingerprint density at radius 3 is 1.45 bits per heavy atom. The van der Waals surface area contributed by atoms with E-state index in [4.69, 9.17) is 9.47 Å². The predicted molar refractivity (Wildman–Crippen MR) is 124 cm³/mol. The van der Waals surface area contributed by atoms with Gasteiger partial charge in [0.15, 0.2) is 0 Å². The summed E-state index contributed by atoms with van der Waals surface area (Å²) in [7, 11) is 0. The molecule has 0 radical (unpaired) electrons. The molecule has 0 spiro atoms. The van der Waals surface area contributed by atoms with Gasteiger partial charge in [0.1, 0.15) is 0 Å². The lowest BCUT2D eigenvalue weighted by Crippen LogP contribution is -2.49. The first-order valence-corrected chi connectivity index (χ1v) is 13.0. The van der Waals surface area contributed by atoms with E-state index in [2.05, 4.69) is 62.7 Å². The Balaban J connectivity index is 1.07. The highest BCUT2D eigenvalue weighted by atomic mass is 32.1. The fourth-order valence-corrected chi connectivity index (χ4v) is 6.95. The summed E-state index contributed by atoms with van der Waals surface area (Å²) >= 11 is 3.64. The zero-order chi connectivity index (χ0) is 20.5. The number of hydrogen-bond donors (Lipinski definition) is 0. The molecular weight excluding hydrogens is 396 g/mol. The van der Waals surface area contributed by atoms with Crippen LogP contribution in [0.3, 0.4) is 0 Å². The highest BCUT2D eigenvalue weighted by Crippen LogP contribution is 2.54. The third-order valence-corrected chi connectivity index (χ3v) is 8.98. The van der Waals surface area contributed by atoms with Gasteiger partial charge in [-0.1, -0.05) is 71.9 Å². The second-order valence-electron chi connectivity index (χ2n) is 10.0. The fraction of sp³-hybridized carbons (Fsp3) is 0.680. The molecule has 2 aromatic rings. The summed E-state index contributed by atoms with van der Waals surface area (Å²) in [4.78, 5) is 2.77. The highest BCUT2D eigenvalue weighted by Gasteiger charge is 2.51. The Morgan fingerprint density at radius 1 is 0.690 bits per heavy atom. The normalized spacial score (nSPS) is 29.9. The fourth-order valence-electron chi connectivity index (χ4n) is 5.04. The summed E-state index contributed by atoms with van der Waals surface area (Å²) in [6.45, 7) is 9.48. The van der Waals surface area contributed by atoms with Crippen molar-refractivity contribution in [3.63, 3.8) is 0 Å². The van der Waals surface area contributed by atoms with Gasteiger partial charge in [-0.2, -0.15) is 0 Å². The van der Waals surface area contributed by atoms with Crippen molar-refractivity contribution in [2.75, 3.05) is 0 Å². The molecule has 2 aliphatic rings. The van der Waals surface area contributed by atoms with Crippen molar-refractivity contribution in [1.82, 2.24) is 0 Å². The van der Waals surface area contributed by atoms with Crippen LogP contribution in [0, 0.1) is 10.8 Å². The van der Waals surface area contributed by atoms with Gasteiger partial charge in [0.25, 0.3) is 0 Å². The summed E-state index contributed by atoms with van der Waals surface area (Å²) in [5.41, 5.74) is 0.550. The van der Waals surface area contributed by atoms with Crippen LogP contribution in [0.25, 0.3) is 0 Å². The second kappa shape index (κ2) is 8.82. The van der Waals surface area contributed by atoms with Gasteiger partial charge in [0.05, 0.1) is 24.4 Å². The lowest BCUT2D eigenvalue weighted by Gasteiger charge is -2.52. The molecule has 0 saturated carbocycles. The molecule has 0 amide bonds. The van der Waals surface area contributed by atoms with Gasteiger partial charge < -0.3 is 9.47 Å². The van der Waals surface area contributed by atoms with Gasteiger partial charge in [-0.25, -0.2) is 0 Å². The molecule has 2 aliphatic heterocycles. The van der Waals surface area contributed by atoms with Crippen LogP contribution in [0.1, 0.15) is 94.6 Å². The van der Waals surface area contributed by atoms with Crippen molar-refractivity contribution < 1.29 is 9.47 Å². The third-order valence-electron chi connectivity index (χ3n) is 7.15. The molecule has 2 fully saturated rings. The minimum Gasteiger partial charge on any atom is -0.368 e. The first-order valence-electron chi connectivity index (χ1n) is 11.3. The van der Waals surface area contributed by atoms with Crippen LogP contribution in [0.5, 0.6) is 0 Å². The van der Waals surface area contributed by atoms with Crippen molar-refractivity contribution in [3.05, 3.63) is 44.8 Å². The summed E-state index contributed by atoms with van der Waals surface area (Å²) in [5.74, 6) is 0. The molecule has 2 aromatic heterocycles. The molecule has 4 heteroatoms. The molecule has 4 atom stereocenters. The largest absolute Gasteiger partial charge is 0.368 e. The summed E-state index contributed by atoms with van der Waals surface area (Å²) in [5, 5.41) is 4.31. The van der Waals surface area contributed by atoms with Crippen molar-refractivity contribution in [1.29, 1.82) is 0 Å². The lowest BCUT2D eigenvalue weighted by molar-refractivity contribution is -0.240. The van der Waals surface area contributed by atoms with E-state index in [0.717, 1.165) is 0 Å². The SMILES string of the molecule is CC1(C)C(CCCCCCCC2OC(c3cccs3)C2(C)C)OC1c1cccs1. The number of hydrogen-bond acceptors (Lipinski definition) is 4. The smallest absolute Gasteiger partial charge is 0.0996 e. The molecule has 4 heterocycles. The summed E-state index contributed by atoms with van der Waals surface area (Å²) < 4.78 is 12.5. The Kier molecular flexibility index (Phi) is 6.55. The standard InChI is InChI=1S/C25H36O2S2/c1-24(2)20(26-22(24)18-12-10-16-28-18)14-8-6-5-7-9-15-21-25(3,4)23(27-21)19-13-11-17-29-19/h10-13,16-17,20-23H,5-9,14-15H2,1-4H3. The molecule has 29 heavy (non-hydrogen) atoms. The molecule has 0 aromatic carbocycles. The maximum Gasteiger partial charge on any atom is 0.0996 e. The highest BCUT2D eigenvalue weighted by molar-refractivity contribution is 7.10. The van der Waals surface area contributed by atoms with Crippen LogP contribution < -0.4 is 0 Å². The molecule has 2 nitrogen and oxygen atoms in total. The van der Waals surface area contributed by atoms with Crippen LogP contribution in [0.4, 0.5) is 0 Å². The second-order valence-corrected chi connectivity index (χ2v) is 12.0. The molecule has 0 bridgehead atoms. The summed E-state index contributed by atoms with van der Waals surface area (Å²) in [6.07, 6.45) is 10.4. The molecule has 2 saturated heterocycles. The molecule has 0 aliphatic carbocycles. The van der Waals surface area contributed by atoms with Gasteiger partial charge >= 0.3 is 0 Å². The van der Waals surface area contributed by atoms with Gasteiger partial charge in [-0.05, 0) is 35.7 Å². The zero-order valence-corrected chi connectivity index (χ0v) is 20.0. The number of thiophene rings is 2. The van der Waals surface area contributed by atoms with Crippen LogP contribution >= 0.6 is 22.7 Å².